The van der Waals surface area contributed by atoms with Gasteiger partial charge in [-0.05, 0) is 47.9 Å². The Morgan fingerprint density at radius 2 is 1.79 bits per heavy atom. The lowest BCUT2D eigenvalue weighted by Crippen LogP contribution is -2.44. The van der Waals surface area contributed by atoms with Crippen LogP contribution < -0.4 is 15.2 Å². The van der Waals surface area contributed by atoms with Gasteiger partial charge in [0, 0.05) is 51.0 Å². The molecule has 0 saturated carbocycles. The molecule has 1 saturated heterocycles. The Balaban J connectivity index is 1.23. The summed E-state index contributed by atoms with van der Waals surface area (Å²) in [6.45, 7) is 3.56. The van der Waals surface area contributed by atoms with Gasteiger partial charge in [0.1, 0.15) is 5.75 Å². The van der Waals surface area contributed by atoms with Crippen LogP contribution in [-0.2, 0) is 6.54 Å². The summed E-state index contributed by atoms with van der Waals surface area (Å²) in [6, 6.07) is 21.4. The molecule has 2 heterocycles. The predicted octanol–water partition coefficient (Wildman–Crippen LogP) is 4.16. The summed E-state index contributed by atoms with van der Waals surface area (Å²) < 4.78 is 7.17. The second-order valence-corrected chi connectivity index (χ2v) is 8.82. The molecule has 0 bridgehead atoms. The van der Waals surface area contributed by atoms with Crippen molar-refractivity contribution in [1.29, 1.82) is 0 Å². The number of methoxy groups -OCH3 is 1. The molecule has 0 spiro atoms. The Bertz CT molecular complexity index is 1320. The molecule has 5 rings (SSSR count). The van der Waals surface area contributed by atoms with E-state index in [9.17, 15) is 4.79 Å². The number of benzene rings is 3. The quantitative estimate of drug-likeness (QED) is 0.449. The molecular formula is C27H30N4O2. The first-order valence-electron chi connectivity index (χ1n) is 11.6. The molecule has 3 aromatic carbocycles. The molecule has 6 heteroatoms. The fourth-order valence-corrected chi connectivity index (χ4v) is 4.88. The number of fused-ring (bicyclic) bond motifs is 2. The average molecular weight is 443 g/mol. The minimum Gasteiger partial charge on any atom is -0.497 e. The van der Waals surface area contributed by atoms with E-state index in [0.29, 0.717) is 12.6 Å². The Kier molecular flexibility index (Phi) is 6.01. The number of rotatable bonds is 6. The van der Waals surface area contributed by atoms with Crippen LogP contribution in [0.3, 0.4) is 0 Å². The molecule has 33 heavy (non-hydrogen) atoms. The van der Waals surface area contributed by atoms with Crippen molar-refractivity contribution in [2.45, 2.75) is 25.4 Å². The number of hydrogen-bond acceptors (Lipinski definition) is 5. The SMILES string of the molecule is COc1ccc2ncc(=O)n(CCN3CCC(N(C)c4ccc5ccccc5c4)CC3)c2c1. The van der Waals surface area contributed by atoms with E-state index in [2.05, 4.69) is 64.3 Å². The van der Waals surface area contributed by atoms with Gasteiger partial charge in [0.25, 0.3) is 5.56 Å². The summed E-state index contributed by atoms with van der Waals surface area (Å²) in [4.78, 5) is 21.7. The average Bonchev–Trinajstić information content (AvgIpc) is 2.87. The second kappa shape index (κ2) is 9.24. The highest BCUT2D eigenvalue weighted by Crippen LogP contribution is 2.26. The molecular weight excluding hydrogens is 412 g/mol. The van der Waals surface area contributed by atoms with Crippen molar-refractivity contribution >= 4 is 27.5 Å². The lowest BCUT2D eigenvalue weighted by Gasteiger charge is -2.38. The van der Waals surface area contributed by atoms with Gasteiger partial charge in [-0.1, -0.05) is 30.3 Å². The van der Waals surface area contributed by atoms with E-state index < -0.39 is 0 Å². The zero-order valence-electron chi connectivity index (χ0n) is 19.3. The van der Waals surface area contributed by atoms with Crippen LogP contribution in [0.2, 0.25) is 0 Å². The first kappa shape index (κ1) is 21.5. The third kappa shape index (κ3) is 4.44. The Morgan fingerprint density at radius 3 is 2.58 bits per heavy atom. The molecule has 1 fully saturated rings. The zero-order chi connectivity index (χ0) is 22.8. The molecule has 0 aliphatic carbocycles. The predicted molar refractivity (Wildman–Crippen MR) is 134 cm³/mol. The standard InChI is InChI=1S/C27H30N4O2/c1-29(23-8-7-20-5-3-4-6-21(20)17-23)22-11-13-30(14-12-22)15-16-31-26-18-24(33-2)9-10-25(26)28-19-27(31)32/h3-10,17-19,22H,11-16H2,1-2H3. The van der Waals surface area contributed by atoms with Gasteiger partial charge in [-0.15, -0.1) is 0 Å². The molecule has 1 aliphatic rings. The molecule has 0 unspecified atom stereocenters. The Hall–Kier alpha value is -3.38. The fourth-order valence-electron chi connectivity index (χ4n) is 4.88. The lowest BCUT2D eigenvalue weighted by molar-refractivity contribution is 0.204. The van der Waals surface area contributed by atoms with Crippen molar-refractivity contribution in [3.63, 3.8) is 0 Å². The van der Waals surface area contributed by atoms with Gasteiger partial charge in [0.2, 0.25) is 0 Å². The number of piperidine rings is 1. The van der Waals surface area contributed by atoms with Crippen LogP contribution in [0.4, 0.5) is 5.69 Å². The van der Waals surface area contributed by atoms with E-state index in [4.69, 9.17) is 4.74 Å². The molecule has 0 amide bonds. The molecule has 170 valence electrons. The van der Waals surface area contributed by atoms with Crippen molar-refractivity contribution in [2.75, 3.05) is 38.7 Å². The molecule has 4 aromatic rings. The minimum atomic E-state index is -0.0679. The first-order chi connectivity index (χ1) is 16.1. The summed E-state index contributed by atoms with van der Waals surface area (Å²) in [6.07, 6.45) is 3.64. The van der Waals surface area contributed by atoms with Crippen LogP contribution in [0.1, 0.15) is 12.8 Å². The highest BCUT2D eigenvalue weighted by Gasteiger charge is 2.23. The van der Waals surface area contributed by atoms with Gasteiger partial charge in [0.05, 0.1) is 24.3 Å². The van der Waals surface area contributed by atoms with Gasteiger partial charge < -0.3 is 19.1 Å². The molecule has 0 atom stereocenters. The van der Waals surface area contributed by atoms with Crippen LogP contribution in [0.5, 0.6) is 5.75 Å². The van der Waals surface area contributed by atoms with E-state index in [0.717, 1.165) is 49.3 Å². The summed E-state index contributed by atoms with van der Waals surface area (Å²) in [5, 5.41) is 2.56. The monoisotopic (exact) mass is 442 g/mol. The van der Waals surface area contributed by atoms with Gasteiger partial charge in [-0.25, -0.2) is 4.98 Å². The van der Waals surface area contributed by atoms with Crippen LogP contribution in [0, 0.1) is 0 Å². The number of aromatic nitrogens is 2. The summed E-state index contributed by atoms with van der Waals surface area (Å²) in [5.74, 6) is 0.737. The van der Waals surface area contributed by atoms with Gasteiger partial charge in [0.15, 0.2) is 0 Å². The number of ether oxygens (including phenoxy) is 1. The van der Waals surface area contributed by atoms with Gasteiger partial charge in [-0.2, -0.15) is 0 Å². The van der Waals surface area contributed by atoms with Crippen LogP contribution in [0.15, 0.2) is 71.7 Å². The Morgan fingerprint density at radius 1 is 1.00 bits per heavy atom. The van der Waals surface area contributed by atoms with Crippen LogP contribution in [-0.4, -0.2) is 54.3 Å². The van der Waals surface area contributed by atoms with Crippen LogP contribution in [0.25, 0.3) is 21.8 Å². The minimum absolute atomic E-state index is 0.0679. The summed E-state index contributed by atoms with van der Waals surface area (Å²) >= 11 is 0. The number of hydrogen-bond donors (Lipinski definition) is 0. The zero-order valence-corrected chi connectivity index (χ0v) is 19.3. The molecule has 6 nitrogen and oxygen atoms in total. The molecule has 0 N–H and O–H groups in total. The maximum absolute atomic E-state index is 12.5. The summed E-state index contributed by atoms with van der Waals surface area (Å²) in [5.41, 5.74) is 2.84. The maximum atomic E-state index is 12.5. The van der Waals surface area contributed by atoms with E-state index in [1.165, 1.54) is 22.7 Å². The smallest absolute Gasteiger partial charge is 0.269 e. The van der Waals surface area contributed by atoms with E-state index >= 15 is 0 Å². The molecule has 1 aliphatic heterocycles. The lowest BCUT2D eigenvalue weighted by atomic mass is 10.0. The second-order valence-electron chi connectivity index (χ2n) is 8.82. The van der Waals surface area contributed by atoms with Crippen molar-refractivity contribution in [2.24, 2.45) is 0 Å². The van der Waals surface area contributed by atoms with E-state index in [1.54, 1.807) is 7.11 Å². The highest BCUT2D eigenvalue weighted by molar-refractivity contribution is 5.85. The van der Waals surface area contributed by atoms with Crippen LogP contribution >= 0.6 is 0 Å². The highest BCUT2D eigenvalue weighted by atomic mass is 16.5. The third-order valence-electron chi connectivity index (χ3n) is 6.94. The number of anilines is 1. The van der Waals surface area contributed by atoms with Crippen molar-refractivity contribution in [3.8, 4) is 5.75 Å². The number of nitrogens with zero attached hydrogens (tertiary/aromatic N) is 4. The van der Waals surface area contributed by atoms with Gasteiger partial charge in [-0.3, -0.25) is 4.79 Å². The first-order valence-corrected chi connectivity index (χ1v) is 11.6. The van der Waals surface area contributed by atoms with E-state index in [1.807, 2.05) is 22.8 Å². The number of likely N-dealkylation sites (tertiary alicyclic amines) is 1. The fraction of sp³-hybridized carbons (Fsp3) is 0.333. The maximum Gasteiger partial charge on any atom is 0.269 e. The van der Waals surface area contributed by atoms with E-state index in [-0.39, 0.29) is 5.56 Å². The normalized spacial score (nSPS) is 15.2. The van der Waals surface area contributed by atoms with Crippen molar-refractivity contribution < 1.29 is 4.74 Å². The van der Waals surface area contributed by atoms with Gasteiger partial charge >= 0.3 is 0 Å². The Labute approximate surface area is 194 Å². The van der Waals surface area contributed by atoms with Crippen molar-refractivity contribution in [3.05, 3.63) is 77.2 Å². The topological polar surface area (TPSA) is 50.6 Å². The summed E-state index contributed by atoms with van der Waals surface area (Å²) in [7, 11) is 3.85. The molecule has 0 radical (unpaired) electrons. The molecule has 1 aromatic heterocycles. The third-order valence-corrected chi connectivity index (χ3v) is 6.94. The van der Waals surface area contributed by atoms with Crippen molar-refractivity contribution in [1.82, 2.24) is 14.5 Å². The largest absolute Gasteiger partial charge is 0.497 e.